The number of pyridine rings is 1. The highest BCUT2D eigenvalue weighted by Gasteiger charge is 2.23. The second-order valence-electron chi connectivity index (χ2n) is 9.71. The van der Waals surface area contributed by atoms with Gasteiger partial charge in [-0.05, 0) is 61.0 Å². The van der Waals surface area contributed by atoms with Crippen molar-refractivity contribution in [3.63, 3.8) is 0 Å². The van der Waals surface area contributed by atoms with Crippen LogP contribution in [0.15, 0.2) is 83.2 Å². The van der Waals surface area contributed by atoms with Crippen molar-refractivity contribution in [3.05, 3.63) is 106 Å². The van der Waals surface area contributed by atoms with Gasteiger partial charge in [0.1, 0.15) is 18.2 Å². The predicted molar refractivity (Wildman–Crippen MR) is 152 cm³/mol. The van der Waals surface area contributed by atoms with Gasteiger partial charge in [0.05, 0.1) is 41.5 Å². The number of imidazole rings is 1. The summed E-state index contributed by atoms with van der Waals surface area (Å²) in [7, 11) is 0. The maximum absolute atomic E-state index is 14.1. The van der Waals surface area contributed by atoms with Crippen LogP contribution in [0.3, 0.4) is 0 Å². The second kappa shape index (κ2) is 11.7. The van der Waals surface area contributed by atoms with E-state index in [2.05, 4.69) is 30.4 Å². The first-order chi connectivity index (χ1) is 19.9. The molecular weight excluding hydrogens is 595 g/mol. The van der Waals surface area contributed by atoms with Crippen LogP contribution in [0.2, 0.25) is 0 Å². The number of carbonyl (C=O) groups is 1. The van der Waals surface area contributed by atoms with E-state index in [9.17, 15) is 14.3 Å². The van der Waals surface area contributed by atoms with Crippen LogP contribution in [-0.4, -0.2) is 49.8 Å². The van der Waals surface area contributed by atoms with Gasteiger partial charge in [0, 0.05) is 29.9 Å². The first kappa shape index (κ1) is 27.0. The fraction of sp³-hybridized carbons (Fsp3) is 0.233. The number of nitrogens with zero attached hydrogens (tertiary/aromatic N) is 4. The minimum absolute atomic E-state index is 0.0963. The van der Waals surface area contributed by atoms with Crippen LogP contribution in [0.5, 0.6) is 11.6 Å². The summed E-state index contributed by atoms with van der Waals surface area (Å²) in [6.07, 6.45) is 6.81. The summed E-state index contributed by atoms with van der Waals surface area (Å²) in [5, 5.41) is 9.46. The number of rotatable bonds is 10. The number of ether oxygens (including phenoxy) is 3. The minimum Gasteiger partial charge on any atom is -0.484 e. The molecule has 1 saturated heterocycles. The molecule has 11 heteroatoms. The average molecular weight is 621 g/mol. The highest BCUT2D eigenvalue weighted by Crippen LogP contribution is 2.25. The van der Waals surface area contributed by atoms with E-state index >= 15 is 0 Å². The van der Waals surface area contributed by atoms with Crippen LogP contribution in [0, 0.1) is 5.82 Å². The summed E-state index contributed by atoms with van der Waals surface area (Å²) in [5.41, 5.74) is 2.37. The Kier molecular flexibility index (Phi) is 7.71. The van der Waals surface area contributed by atoms with Gasteiger partial charge < -0.3 is 28.8 Å². The maximum atomic E-state index is 14.1. The molecule has 0 radical (unpaired) electrons. The van der Waals surface area contributed by atoms with E-state index in [0.717, 1.165) is 29.9 Å². The van der Waals surface area contributed by atoms with Crippen molar-refractivity contribution in [2.45, 2.75) is 32.2 Å². The van der Waals surface area contributed by atoms with E-state index < -0.39 is 11.8 Å². The molecule has 0 spiro atoms. The van der Waals surface area contributed by atoms with Gasteiger partial charge in [-0.15, -0.1) is 0 Å². The lowest BCUT2D eigenvalue weighted by molar-refractivity contribution is -0.0591. The number of carboxylic acid groups (broad SMARTS) is 1. The topological polar surface area (TPSA) is 98.9 Å². The fourth-order valence-electron chi connectivity index (χ4n) is 4.61. The first-order valence-corrected chi connectivity index (χ1v) is 13.9. The fourth-order valence-corrected chi connectivity index (χ4v) is 4.94. The Balaban J connectivity index is 1.10. The number of carboxylic acids is 1. The van der Waals surface area contributed by atoms with Crippen molar-refractivity contribution in [1.82, 2.24) is 19.4 Å². The number of hydrogen-bond donors (Lipinski definition) is 1. The summed E-state index contributed by atoms with van der Waals surface area (Å²) in [5.74, 6) is 0.610. The zero-order valence-electron chi connectivity index (χ0n) is 21.9. The number of benzene rings is 2. The standard InChI is InChI=1S/C30H26BrFN4O5/c31-20-5-7-27(24(32)15-20)40-18-21-2-1-3-29(33-21)41-22-8-11-35(12-9-22)17-28-34-25-6-4-19(30(37)38)14-26(25)36(28)16-23-10-13-39-23/h1-9,11,14-15,23H,10,12-13,16-18H2,(H,37,38)/t23-/m0/s1. The number of allylic oxidation sites excluding steroid dienone is 1. The molecule has 1 atom stereocenters. The van der Waals surface area contributed by atoms with Gasteiger partial charge in [-0.3, -0.25) is 0 Å². The van der Waals surface area contributed by atoms with E-state index in [1.54, 1.807) is 42.5 Å². The average Bonchev–Trinajstić information content (AvgIpc) is 3.27. The predicted octanol–water partition coefficient (Wildman–Crippen LogP) is 5.69. The van der Waals surface area contributed by atoms with E-state index in [-0.39, 0.29) is 24.0 Å². The number of fused-ring (bicyclic) bond motifs is 1. The van der Waals surface area contributed by atoms with Gasteiger partial charge in [0.15, 0.2) is 11.6 Å². The highest BCUT2D eigenvalue weighted by atomic mass is 79.9. The largest absolute Gasteiger partial charge is 0.484 e. The summed E-state index contributed by atoms with van der Waals surface area (Å²) in [4.78, 5) is 22.9. The molecule has 1 fully saturated rings. The van der Waals surface area contributed by atoms with Crippen molar-refractivity contribution in [2.75, 3.05) is 13.2 Å². The third kappa shape index (κ3) is 6.26. The lowest BCUT2D eigenvalue weighted by Gasteiger charge is -2.28. The van der Waals surface area contributed by atoms with E-state index in [1.165, 1.54) is 6.07 Å². The molecule has 2 aliphatic heterocycles. The maximum Gasteiger partial charge on any atom is 0.335 e. The Morgan fingerprint density at radius 2 is 2.05 bits per heavy atom. The Hall–Kier alpha value is -4.22. The monoisotopic (exact) mass is 620 g/mol. The van der Waals surface area contributed by atoms with Gasteiger partial charge in [0.2, 0.25) is 5.88 Å². The summed E-state index contributed by atoms with van der Waals surface area (Å²) < 4.78 is 34.0. The smallest absolute Gasteiger partial charge is 0.335 e. The molecule has 210 valence electrons. The van der Waals surface area contributed by atoms with E-state index in [1.807, 2.05) is 24.4 Å². The lowest BCUT2D eigenvalue weighted by atomic mass is 10.1. The van der Waals surface area contributed by atoms with Crippen molar-refractivity contribution in [3.8, 4) is 11.6 Å². The van der Waals surface area contributed by atoms with Gasteiger partial charge in [-0.25, -0.2) is 19.2 Å². The molecule has 0 aliphatic carbocycles. The number of aromatic carboxylic acids is 1. The highest BCUT2D eigenvalue weighted by molar-refractivity contribution is 9.10. The molecule has 0 bridgehead atoms. The Bertz CT molecular complexity index is 1670. The molecule has 4 heterocycles. The minimum atomic E-state index is -0.969. The second-order valence-corrected chi connectivity index (χ2v) is 10.6. The van der Waals surface area contributed by atoms with E-state index in [0.29, 0.717) is 41.4 Å². The molecule has 41 heavy (non-hydrogen) atoms. The van der Waals surface area contributed by atoms with Crippen molar-refractivity contribution in [1.29, 1.82) is 0 Å². The summed E-state index contributed by atoms with van der Waals surface area (Å²) >= 11 is 3.23. The molecule has 9 nitrogen and oxygen atoms in total. The molecule has 0 saturated carbocycles. The van der Waals surface area contributed by atoms with Gasteiger partial charge >= 0.3 is 5.97 Å². The lowest BCUT2D eigenvalue weighted by Crippen LogP contribution is -2.32. The zero-order valence-corrected chi connectivity index (χ0v) is 23.5. The Morgan fingerprint density at radius 1 is 1.17 bits per heavy atom. The molecule has 0 unspecified atom stereocenters. The Morgan fingerprint density at radius 3 is 2.78 bits per heavy atom. The molecule has 4 aromatic rings. The normalized spacial score (nSPS) is 16.4. The molecule has 6 rings (SSSR count). The van der Waals surface area contributed by atoms with Crippen molar-refractivity contribution in [2.24, 2.45) is 0 Å². The SMILES string of the molecule is O=C(O)c1ccc2nc(CN3C=CC(Oc4cccc(COc5ccc(Br)cc5F)n4)=CC3)n(C[C@@H]3CCO3)c2c1. The van der Waals surface area contributed by atoms with Gasteiger partial charge in [0.25, 0.3) is 0 Å². The van der Waals surface area contributed by atoms with Crippen LogP contribution >= 0.6 is 15.9 Å². The van der Waals surface area contributed by atoms with Crippen molar-refractivity contribution < 1.29 is 28.5 Å². The van der Waals surface area contributed by atoms with Crippen molar-refractivity contribution >= 4 is 32.9 Å². The van der Waals surface area contributed by atoms with Gasteiger partial charge in [-0.1, -0.05) is 22.0 Å². The number of aromatic nitrogens is 3. The molecule has 2 aromatic heterocycles. The zero-order chi connectivity index (χ0) is 28.3. The third-order valence-electron chi connectivity index (χ3n) is 6.85. The molecular formula is C30H26BrFN4O5. The van der Waals surface area contributed by atoms with Gasteiger partial charge in [-0.2, -0.15) is 0 Å². The Labute approximate surface area is 243 Å². The summed E-state index contributed by atoms with van der Waals surface area (Å²) in [6, 6.07) is 15.0. The summed E-state index contributed by atoms with van der Waals surface area (Å²) in [6.45, 7) is 2.57. The molecule has 2 aromatic carbocycles. The quantitative estimate of drug-likeness (QED) is 0.241. The van der Waals surface area contributed by atoms with Crippen LogP contribution < -0.4 is 9.47 Å². The van der Waals surface area contributed by atoms with Crippen LogP contribution in [0.4, 0.5) is 4.39 Å². The molecule has 0 amide bonds. The first-order valence-electron chi connectivity index (χ1n) is 13.1. The number of halogens is 2. The third-order valence-corrected chi connectivity index (χ3v) is 7.34. The molecule has 1 N–H and O–H groups in total. The van der Waals surface area contributed by atoms with E-state index in [4.69, 9.17) is 19.2 Å². The van der Waals surface area contributed by atoms with Crippen LogP contribution in [0.1, 0.15) is 28.3 Å². The van der Waals surface area contributed by atoms with Crippen LogP contribution in [-0.2, 0) is 24.4 Å². The molecule has 2 aliphatic rings. The van der Waals surface area contributed by atoms with Crippen LogP contribution in [0.25, 0.3) is 11.0 Å². The number of hydrogen-bond acceptors (Lipinski definition) is 7.